The summed E-state index contributed by atoms with van der Waals surface area (Å²) in [6.07, 6.45) is 7.66. The predicted octanol–water partition coefficient (Wildman–Crippen LogP) is 5.40. The summed E-state index contributed by atoms with van der Waals surface area (Å²) in [5, 5.41) is 6.78. The molecule has 0 radical (unpaired) electrons. The van der Waals surface area contributed by atoms with Crippen molar-refractivity contribution in [3.05, 3.63) is 60.4 Å². The summed E-state index contributed by atoms with van der Waals surface area (Å²) in [5.41, 5.74) is 2.83. The van der Waals surface area contributed by atoms with Crippen LogP contribution in [0.3, 0.4) is 0 Å². The highest BCUT2D eigenvalue weighted by Crippen LogP contribution is 2.21. The number of carbonyl (C=O) groups excluding carboxylic acids is 1. The Labute approximate surface area is 169 Å². The van der Waals surface area contributed by atoms with Crippen LogP contribution >= 0.6 is 11.9 Å². The number of carbonyl (C=O) groups is 1. The van der Waals surface area contributed by atoms with E-state index < -0.39 is 0 Å². The molecule has 1 saturated carbocycles. The smallest absolute Gasteiger partial charge is 0.251 e. The third-order valence-corrected chi connectivity index (χ3v) is 5.34. The SMILES string of the molecule is CN=NSc1ccc(C(=O)NC2CCCCC2)cc1.c1ccc2[nH]cnc2c1. The standard InChI is InChI=1S/C14H19N3OS.C7H6N2/c1-15-17-19-13-9-7-11(8-10-13)14(18)16-12-5-3-2-4-6-12;1-2-4-7-6(3-1)8-5-9-7/h7-10,12H,2-6H2,1H3,(H,16,18);1-5H,(H,8,9). The average molecular weight is 396 g/mol. The fourth-order valence-electron chi connectivity index (χ4n) is 3.15. The van der Waals surface area contributed by atoms with E-state index in [0.29, 0.717) is 11.6 Å². The molecule has 2 aromatic carbocycles. The fraction of sp³-hybridized carbons (Fsp3) is 0.333. The van der Waals surface area contributed by atoms with Crippen LogP contribution in [0.5, 0.6) is 0 Å². The second kappa shape index (κ2) is 10.6. The molecule has 0 aliphatic heterocycles. The Bertz CT molecular complexity index is 870. The zero-order chi connectivity index (χ0) is 19.6. The molecule has 3 aromatic rings. The quantitative estimate of drug-likeness (QED) is 0.458. The van der Waals surface area contributed by atoms with Crippen molar-refractivity contribution in [3.8, 4) is 0 Å². The van der Waals surface area contributed by atoms with Gasteiger partial charge in [-0.15, -0.1) is 4.52 Å². The van der Waals surface area contributed by atoms with Crippen molar-refractivity contribution in [1.29, 1.82) is 0 Å². The Morgan fingerprint density at radius 3 is 2.57 bits per heavy atom. The van der Waals surface area contributed by atoms with E-state index in [0.717, 1.165) is 28.8 Å². The van der Waals surface area contributed by atoms with Crippen molar-refractivity contribution in [1.82, 2.24) is 15.3 Å². The van der Waals surface area contributed by atoms with Gasteiger partial charge < -0.3 is 10.3 Å². The lowest BCUT2D eigenvalue weighted by atomic mass is 9.95. The Morgan fingerprint density at radius 2 is 1.86 bits per heavy atom. The fourth-order valence-corrected chi connectivity index (χ4v) is 3.58. The van der Waals surface area contributed by atoms with Crippen LogP contribution in [0, 0.1) is 0 Å². The minimum absolute atomic E-state index is 0.0283. The minimum Gasteiger partial charge on any atom is -0.349 e. The Morgan fingerprint density at radius 1 is 1.11 bits per heavy atom. The largest absolute Gasteiger partial charge is 0.349 e. The molecule has 0 saturated heterocycles. The Kier molecular flexibility index (Phi) is 7.61. The van der Waals surface area contributed by atoms with Gasteiger partial charge in [-0.05, 0) is 49.2 Å². The van der Waals surface area contributed by atoms with E-state index >= 15 is 0 Å². The van der Waals surface area contributed by atoms with Crippen LogP contribution in [0.25, 0.3) is 11.0 Å². The van der Waals surface area contributed by atoms with Crippen LogP contribution in [0.4, 0.5) is 0 Å². The van der Waals surface area contributed by atoms with Crippen LogP contribution in [0.1, 0.15) is 42.5 Å². The third-order valence-electron chi connectivity index (χ3n) is 4.61. The van der Waals surface area contributed by atoms with Crippen molar-refractivity contribution in [3.63, 3.8) is 0 Å². The van der Waals surface area contributed by atoms with Gasteiger partial charge in [0.05, 0.1) is 17.4 Å². The number of aromatic nitrogens is 2. The Balaban J connectivity index is 0.000000206. The molecule has 0 spiro atoms. The average Bonchev–Trinajstić information content (AvgIpc) is 3.23. The lowest BCUT2D eigenvalue weighted by molar-refractivity contribution is 0.0927. The molecule has 1 heterocycles. The lowest BCUT2D eigenvalue weighted by Crippen LogP contribution is -2.36. The van der Waals surface area contributed by atoms with E-state index in [1.807, 2.05) is 48.5 Å². The predicted molar refractivity (Wildman–Crippen MR) is 114 cm³/mol. The maximum absolute atomic E-state index is 12.1. The molecule has 1 amide bonds. The zero-order valence-electron chi connectivity index (χ0n) is 16.0. The number of nitrogens with zero attached hydrogens (tertiary/aromatic N) is 3. The number of fused-ring (bicyclic) bond motifs is 1. The van der Waals surface area contributed by atoms with E-state index in [9.17, 15) is 4.79 Å². The monoisotopic (exact) mass is 395 g/mol. The lowest BCUT2D eigenvalue weighted by Gasteiger charge is -2.22. The molecule has 0 atom stereocenters. The molecule has 7 heteroatoms. The summed E-state index contributed by atoms with van der Waals surface area (Å²) in [7, 11) is 1.64. The van der Waals surface area contributed by atoms with Crippen molar-refractivity contribution in [2.24, 2.45) is 9.63 Å². The van der Waals surface area contributed by atoms with Gasteiger partial charge in [0, 0.05) is 35.5 Å². The second-order valence-electron chi connectivity index (χ2n) is 6.63. The molecule has 0 unspecified atom stereocenters. The molecule has 6 nitrogen and oxygen atoms in total. The van der Waals surface area contributed by atoms with Crippen molar-refractivity contribution < 1.29 is 4.79 Å². The van der Waals surface area contributed by atoms with Crippen molar-refractivity contribution >= 4 is 28.9 Å². The zero-order valence-corrected chi connectivity index (χ0v) is 16.8. The molecule has 1 aromatic heterocycles. The number of amides is 1. The molecular weight excluding hydrogens is 370 g/mol. The van der Waals surface area contributed by atoms with Crippen molar-refractivity contribution in [2.75, 3.05) is 7.05 Å². The van der Waals surface area contributed by atoms with Gasteiger partial charge in [0.2, 0.25) is 0 Å². The summed E-state index contributed by atoms with van der Waals surface area (Å²) in [6.45, 7) is 0. The third kappa shape index (κ3) is 5.92. The number of nitrogens with one attached hydrogen (secondary N) is 2. The highest BCUT2D eigenvalue weighted by Gasteiger charge is 2.16. The minimum atomic E-state index is 0.0283. The molecule has 0 bridgehead atoms. The number of aromatic amines is 1. The summed E-state index contributed by atoms with van der Waals surface area (Å²) in [5.74, 6) is 0.0283. The van der Waals surface area contributed by atoms with Crippen molar-refractivity contribution in [2.45, 2.75) is 43.0 Å². The summed E-state index contributed by atoms with van der Waals surface area (Å²) in [6, 6.07) is 15.8. The Hall–Kier alpha value is -2.67. The van der Waals surface area contributed by atoms with Crippen LogP contribution in [0.2, 0.25) is 0 Å². The molecule has 28 heavy (non-hydrogen) atoms. The summed E-state index contributed by atoms with van der Waals surface area (Å²) in [4.78, 5) is 20.1. The van der Waals surface area contributed by atoms with Gasteiger partial charge in [0.1, 0.15) is 0 Å². The molecule has 1 aliphatic rings. The molecule has 4 rings (SSSR count). The number of hydrogen-bond donors (Lipinski definition) is 2. The van der Waals surface area contributed by atoms with E-state index in [1.54, 1.807) is 13.4 Å². The second-order valence-corrected chi connectivity index (χ2v) is 7.44. The van der Waals surface area contributed by atoms with E-state index in [1.165, 1.54) is 31.2 Å². The first kappa shape index (κ1) is 20.1. The van der Waals surface area contributed by atoms with Gasteiger partial charge in [0.25, 0.3) is 5.91 Å². The molecule has 2 N–H and O–H groups in total. The van der Waals surface area contributed by atoms with Crippen LogP contribution in [-0.2, 0) is 0 Å². The van der Waals surface area contributed by atoms with E-state index in [2.05, 4.69) is 24.9 Å². The number of imidazole rings is 1. The molecule has 1 aliphatic carbocycles. The number of para-hydroxylation sites is 2. The maximum atomic E-state index is 12.1. The molecular formula is C21H25N5OS. The number of rotatable bonds is 4. The summed E-state index contributed by atoms with van der Waals surface area (Å²) >= 11 is 1.30. The maximum Gasteiger partial charge on any atom is 0.251 e. The highest BCUT2D eigenvalue weighted by molar-refractivity contribution is 7.97. The van der Waals surface area contributed by atoms with Gasteiger partial charge >= 0.3 is 0 Å². The highest BCUT2D eigenvalue weighted by atomic mass is 32.2. The van der Waals surface area contributed by atoms with Gasteiger partial charge in [0.15, 0.2) is 0 Å². The summed E-state index contributed by atoms with van der Waals surface area (Å²) < 4.78 is 3.85. The van der Waals surface area contributed by atoms with Crippen LogP contribution in [0.15, 0.2) is 69.4 Å². The van der Waals surface area contributed by atoms with E-state index in [-0.39, 0.29) is 5.91 Å². The van der Waals surface area contributed by atoms with E-state index in [4.69, 9.17) is 0 Å². The molecule has 146 valence electrons. The van der Waals surface area contributed by atoms with Gasteiger partial charge in [-0.3, -0.25) is 4.79 Å². The van der Waals surface area contributed by atoms with Gasteiger partial charge in [-0.25, -0.2) is 4.98 Å². The van der Waals surface area contributed by atoms with Crippen LogP contribution < -0.4 is 5.32 Å². The molecule has 1 fully saturated rings. The first-order valence-corrected chi connectivity index (χ1v) is 10.3. The van der Waals surface area contributed by atoms with Gasteiger partial charge in [-0.1, -0.05) is 31.4 Å². The topological polar surface area (TPSA) is 82.5 Å². The normalized spacial score (nSPS) is 14.6. The number of hydrogen-bond acceptors (Lipinski definition) is 5. The first-order chi connectivity index (χ1) is 13.8. The van der Waals surface area contributed by atoms with Crippen LogP contribution in [-0.4, -0.2) is 29.0 Å². The first-order valence-electron chi connectivity index (χ1n) is 9.51. The number of H-pyrrole nitrogens is 1. The number of benzene rings is 2. The van der Waals surface area contributed by atoms with Gasteiger partial charge in [-0.2, -0.15) is 5.11 Å².